The maximum absolute atomic E-state index is 13.7. The Kier molecular flexibility index (Phi) is 5.10. The fourth-order valence-corrected chi connectivity index (χ4v) is 3.75. The Morgan fingerprint density at radius 3 is 2.13 bits per heavy atom. The number of methoxy groups -OCH3 is 3. The second-order valence-electron chi connectivity index (χ2n) is 6.94. The molecule has 1 heterocycles. The fourth-order valence-electron chi connectivity index (χ4n) is 3.75. The van der Waals surface area contributed by atoms with Crippen LogP contribution in [0.25, 0.3) is 0 Å². The number of rotatable bonds is 5. The zero-order valence-electron chi connectivity index (χ0n) is 16.9. The van der Waals surface area contributed by atoms with Crippen molar-refractivity contribution in [2.45, 2.75) is 11.7 Å². The maximum atomic E-state index is 13.7. The van der Waals surface area contributed by atoms with Crippen molar-refractivity contribution in [3.63, 3.8) is 0 Å². The molecule has 1 aliphatic rings. The Morgan fingerprint density at radius 1 is 0.867 bits per heavy atom. The van der Waals surface area contributed by atoms with Gasteiger partial charge in [0.25, 0.3) is 0 Å². The lowest BCUT2D eigenvalue weighted by Gasteiger charge is -2.40. The fraction of sp³-hybridized carbons (Fsp3) is 0.208. The SMILES string of the molecule is COc1ccc(C2Oc3cc(OC)cc(OC)c3C(=O)C2(O)c2ccccc2)cc1. The molecule has 3 aromatic rings. The molecule has 0 fully saturated rings. The summed E-state index contributed by atoms with van der Waals surface area (Å²) in [6, 6.07) is 19.1. The lowest BCUT2D eigenvalue weighted by Crippen LogP contribution is -2.47. The van der Waals surface area contributed by atoms with E-state index in [1.807, 2.05) is 6.07 Å². The molecule has 1 aliphatic heterocycles. The predicted octanol–water partition coefficient (Wildman–Crippen LogP) is 3.92. The zero-order valence-corrected chi connectivity index (χ0v) is 16.9. The molecule has 1 N–H and O–H groups in total. The van der Waals surface area contributed by atoms with E-state index in [0.717, 1.165) is 0 Å². The van der Waals surface area contributed by atoms with Gasteiger partial charge in [-0.05, 0) is 23.3 Å². The van der Waals surface area contributed by atoms with Crippen LogP contribution < -0.4 is 18.9 Å². The maximum Gasteiger partial charge on any atom is 0.210 e. The average Bonchev–Trinajstić information content (AvgIpc) is 2.81. The zero-order chi connectivity index (χ0) is 21.3. The van der Waals surface area contributed by atoms with Crippen LogP contribution in [0.4, 0.5) is 0 Å². The molecule has 0 saturated heterocycles. The van der Waals surface area contributed by atoms with Crippen LogP contribution in [0.1, 0.15) is 27.6 Å². The second kappa shape index (κ2) is 7.72. The molecule has 6 nitrogen and oxygen atoms in total. The first-order valence-corrected chi connectivity index (χ1v) is 9.42. The summed E-state index contributed by atoms with van der Waals surface area (Å²) in [6.07, 6.45) is -0.984. The molecule has 0 spiro atoms. The molecule has 0 saturated carbocycles. The molecule has 0 aliphatic carbocycles. The van der Waals surface area contributed by atoms with E-state index in [1.54, 1.807) is 67.8 Å². The Morgan fingerprint density at radius 2 is 1.53 bits per heavy atom. The first-order chi connectivity index (χ1) is 14.5. The summed E-state index contributed by atoms with van der Waals surface area (Å²) in [4.78, 5) is 13.7. The summed E-state index contributed by atoms with van der Waals surface area (Å²) >= 11 is 0. The molecular formula is C24H22O6. The molecule has 6 heteroatoms. The highest BCUT2D eigenvalue weighted by Gasteiger charge is 2.53. The first kappa shape index (κ1) is 19.8. The third kappa shape index (κ3) is 3.06. The van der Waals surface area contributed by atoms with E-state index < -0.39 is 17.5 Å². The first-order valence-electron chi connectivity index (χ1n) is 9.42. The summed E-state index contributed by atoms with van der Waals surface area (Å²) in [7, 11) is 4.55. The number of carbonyl (C=O) groups excluding carboxylic acids is 1. The molecule has 3 aromatic carbocycles. The number of carbonyl (C=O) groups is 1. The molecule has 0 aromatic heterocycles. The Bertz CT molecular complexity index is 1060. The van der Waals surface area contributed by atoms with Crippen molar-refractivity contribution in [3.05, 3.63) is 83.4 Å². The minimum Gasteiger partial charge on any atom is -0.497 e. The standard InChI is InChI=1S/C24H22O6/c1-27-17-11-9-15(10-12-17)23-24(26,16-7-5-4-6-8-16)22(25)21-19(29-3)13-18(28-2)14-20(21)30-23/h4-14,23,26H,1-3H3. The normalized spacial score (nSPS) is 20.1. The van der Waals surface area contributed by atoms with Crippen molar-refractivity contribution in [2.75, 3.05) is 21.3 Å². The lowest BCUT2D eigenvalue weighted by molar-refractivity contribution is -0.0538. The van der Waals surface area contributed by atoms with Gasteiger partial charge in [0, 0.05) is 12.1 Å². The lowest BCUT2D eigenvalue weighted by atomic mass is 9.76. The van der Waals surface area contributed by atoms with Crippen LogP contribution >= 0.6 is 0 Å². The van der Waals surface area contributed by atoms with Crippen molar-refractivity contribution in [2.24, 2.45) is 0 Å². The largest absolute Gasteiger partial charge is 0.497 e. The second-order valence-corrected chi connectivity index (χ2v) is 6.94. The van der Waals surface area contributed by atoms with E-state index in [0.29, 0.717) is 22.6 Å². The molecular weight excluding hydrogens is 384 g/mol. The van der Waals surface area contributed by atoms with Gasteiger partial charge in [0.15, 0.2) is 11.7 Å². The van der Waals surface area contributed by atoms with Gasteiger partial charge in [0.1, 0.15) is 28.6 Å². The van der Waals surface area contributed by atoms with Crippen molar-refractivity contribution in [1.29, 1.82) is 0 Å². The monoisotopic (exact) mass is 406 g/mol. The van der Waals surface area contributed by atoms with Gasteiger partial charge < -0.3 is 24.1 Å². The highest BCUT2D eigenvalue weighted by atomic mass is 16.5. The molecule has 0 radical (unpaired) electrons. The molecule has 154 valence electrons. The number of hydrogen-bond acceptors (Lipinski definition) is 6. The van der Waals surface area contributed by atoms with Crippen LogP contribution in [-0.2, 0) is 5.60 Å². The van der Waals surface area contributed by atoms with E-state index in [1.165, 1.54) is 14.2 Å². The van der Waals surface area contributed by atoms with E-state index >= 15 is 0 Å². The van der Waals surface area contributed by atoms with Gasteiger partial charge in [-0.3, -0.25) is 4.79 Å². The van der Waals surface area contributed by atoms with E-state index in [4.69, 9.17) is 18.9 Å². The predicted molar refractivity (Wildman–Crippen MR) is 111 cm³/mol. The molecule has 2 unspecified atom stereocenters. The molecule has 4 rings (SSSR count). The number of aliphatic hydroxyl groups is 1. The van der Waals surface area contributed by atoms with E-state index in [-0.39, 0.29) is 17.1 Å². The van der Waals surface area contributed by atoms with Gasteiger partial charge >= 0.3 is 0 Å². The van der Waals surface area contributed by atoms with Gasteiger partial charge in [-0.1, -0.05) is 42.5 Å². The Labute approximate surface area is 174 Å². The number of ether oxygens (including phenoxy) is 4. The number of Topliss-reactive ketones (excluding diaryl/α,β-unsaturated/α-hetero) is 1. The van der Waals surface area contributed by atoms with Crippen molar-refractivity contribution < 1.29 is 28.8 Å². The number of benzene rings is 3. The van der Waals surface area contributed by atoms with Crippen LogP contribution in [0.2, 0.25) is 0 Å². The van der Waals surface area contributed by atoms with Gasteiger partial charge in [-0.25, -0.2) is 0 Å². The smallest absolute Gasteiger partial charge is 0.210 e. The number of fused-ring (bicyclic) bond motifs is 1. The van der Waals surface area contributed by atoms with Crippen molar-refractivity contribution in [3.8, 4) is 23.0 Å². The van der Waals surface area contributed by atoms with Gasteiger partial charge in [-0.2, -0.15) is 0 Å². The molecule has 0 bridgehead atoms. The highest BCUT2D eigenvalue weighted by Crippen LogP contribution is 2.50. The molecule has 30 heavy (non-hydrogen) atoms. The summed E-state index contributed by atoms with van der Waals surface area (Å²) < 4.78 is 22.2. The summed E-state index contributed by atoms with van der Waals surface area (Å²) in [5.41, 5.74) is -0.721. The highest BCUT2D eigenvalue weighted by molar-refractivity contribution is 6.08. The summed E-state index contributed by atoms with van der Waals surface area (Å²) in [6.45, 7) is 0. The van der Waals surface area contributed by atoms with Crippen molar-refractivity contribution in [1.82, 2.24) is 0 Å². The minimum atomic E-state index is -1.95. The molecule has 2 atom stereocenters. The summed E-state index contributed by atoms with van der Waals surface area (Å²) in [5.74, 6) is 1.20. The van der Waals surface area contributed by atoms with Gasteiger partial charge in [0.2, 0.25) is 5.78 Å². The summed E-state index contributed by atoms with van der Waals surface area (Å²) in [5, 5.41) is 11.9. The quantitative estimate of drug-likeness (QED) is 0.692. The van der Waals surface area contributed by atoms with Crippen LogP contribution in [0.3, 0.4) is 0 Å². The average molecular weight is 406 g/mol. The van der Waals surface area contributed by atoms with E-state index in [2.05, 4.69) is 0 Å². The number of hydrogen-bond donors (Lipinski definition) is 1. The topological polar surface area (TPSA) is 74.2 Å². The van der Waals surface area contributed by atoms with Crippen LogP contribution in [0.15, 0.2) is 66.7 Å². The number of ketones is 1. The third-order valence-corrected chi connectivity index (χ3v) is 5.33. The third-order valence-electron chi connectivity index (χ3n) is 5.33. The molecule has 0 amide bonds. The van der Waals surface area contributed by atoms with Crippen LogP contribution in [0.5, 0.6) is 23.0 Å². The Balaban J connectivity index is 1.94. The van der Waals surface area contributed by atoms with Gasteiger partial charge in [-0.15, -0.1) is 0 Å². The minimum absolute atomic E-state index is 0.175. The van der Waals surface area contributed by atoms with Crippen LogP contribution in [-0.4, -0.2) is 32.2 Å². The van der Waals surface area contributed by atoms with Gasteiger partial charge in [0.05, 0.1) is 21.3 Å². The van der Waals surface area contributed by atoms with Crippen LogP contribution in [0, 0.1) is 0 Å². The van der Waals surface area contributed by atoms with Crippen molar-refractivity contribution >= 4 is 5.78 Å². The Hall–Kier alpha value is -3.51. The van der Waals surface area contributed by atoms with E-state index in [9.17, 15) is 9.90 Å².